The van der Waals surface area contributed by atoms with Crippen LogP contribution in [0.3, 0.4) is 0 Å². The molecule has 20 heavy (non-hydrogen) atoms. The van der Waals surface area contributed by atoms with Gasteiger partial charge in [0, 0.05) is 5.41 Å². The van der Waals surface area contributed by atoms with Gasteiger partial charge in [0.1, 0.15) is 6.29 Å². The fourth-order valence-electron chi connectivity index (χ4n) is 2.31. The van der Waals surface area contributed by atoms with E-state index in [-0.39, 0.29) is 5.41 Å². The molecule has 0 radical (unpaired) electrons. The normalized spacial score (nSPS) is 12.2. The minimum atomic E-state index is -0.0246. The summed E-state index contributed by atoms with van der Waals surface area (Å²) in [6.07, 6.45) is 2.77. The molecule has 0 aliphatic heterocycles. The van der Waals surface area contributed by atoms with Gasteiger partial charge in [-0.25, -0.2) is 0 Å². The third kappa shape index (κ3) is 3.05. The number of benzene rings is 2. The summed E-state index contributed by atoms with van der Waals surface area (Å²) >= 11 is 0. The predicted octanol–water partition coefficient (Wildman–Crippen LogP) is 4.61. The number of carbonyl (C=O) groups excluding carboxylic acids is 1. The molecule has 0 saturated heterocycles. The molecule has 0 heterocycles. The quantitative estimate of drug-likeness (QED) is 0.582. The van der Waals surface area contributed by atoms with Crippen LogP contribution in [0.15, 0.2) is 60.2 Å². The molecule has 102 valence electrons. The lowest BCUT2D eigenvalue weighted by Gasteiger charge is -2.26. The number of rotatable bonds is 4. The number of allylic oxidation sites excluding steroid dienone is 1. The van der Waals surface area contributed by atoms with Gasteiger partial charge < -0.3 is 0 Å². The Labute approximate surface area is 121 Å². The van der Waals surface area contributed by atoms with Crippen molar-refractivity contribution in [2.45, 2.75) is 26.2 Å². The summed E-state index contributed by atoms with van der Waals surface area (Å²) in [4.78, 5) is 10.7. The SMILES string of the molecule is C/C(C=O)=C\c1ccc(C(C)(C)c2ccccc2)cc1. The van der Waals surface area contributed by atoms with Gasteiger partial charge >= 0.3 is 0 Å². The van der Waals surface area contributed by atoms with Gasteiger partial charge in [-0.3, -0.25) is 4.79 Å². The number of carbonyl (C=O) groups is 1. The van der Waals surface area contributed by atoms with Gasteiger partial charge in [0.2, 0.25) is 0 Å². The van der Waals surface area contributed by atoms with E-state index in [1.165, 1.54) is 11.1 Å². The van der Waals surface area contributed by atoms with Crippen LogP contribution < -0.4 is 0 Å². The maximum Gasteiger partial charge on any atom is 0.145 e. The van der Waals surface area contributed by atoms with Gasteiger partial charge in [0.15, 0.2) is 0 Å². The van der Waals surface area contributed by atoms with Crippen LogP contribution in [-0.4, -0.2) is 6.29 Å². The molecule has 0 fully saturated rings. The molecule has 0 atom stereocenters. The molecule has 1 nitrogen and oxygen atoms in total. The molecule has 0 unspecified atom stereocenters. The Morgan fingerprint density at radius 2 is 1.45 bits per heavy atom. The van der Waals surface area contributed by atoms with E-state index in [0.717, 1.165) is 17.4 Å². The molecule has 1 heteroatoms. The first kappa shape index (κ1) is 14.3. The molecule has 0 aliphatic carbocycles. The highest BCUT2D eigenvalue weighted by Crippen LogP contribution is 2.31. The van der Waals surface area contributed by atoms with Gasteiger partial charge in [-0.2, -0.15) is 0 Å². The van der Waals surface area contributed by atoms with E-state index in [2.05, 4.69) is 62.4 Å². The second-order valence-corrected chi connectivity index (χ2v) is 5.62. The Kier molecular flexibility index (Phi) is 4.19. The number of hydrogen-bond donors (Lipinski definition) is 0. The van der Waals surface area contributed by atoms with Crippen LogP contribution in [-0.2, 0) is 10.2 Å². The second kappa shape index (κ2) is 5.87. The third-order valence-electron chi connectivity index (χ3n) is 3.71. The lowest BCUT2D eigenvalue weighted by molar-refractivity contribution is -0.104. The fourth-order valence-corrected chi connectivity index (χ4v) is 2.31. The monoisotopic (exact) mass is 264 g/mol. The smallest absolute Gasteiger partial charge is 0.145 e. The third-order valence-corrected chi connectivity index (χ3v) is 3.71. The van der Waals surface area contributed by atoms with Crippen molar-refractivity contribution >= 4 is 12.4 Å². The first-order valence-corrected chi connectivity index (χ1v) is 6.83. The summed E-state index contributed by atoms with van der Waals surface area (Å²) in [7, 11) is 0. The maximum atomic E-state index is 10.7. The van der Waals surface area contributed by atoms with Gasteiger partial charge in [-0.15, -0.1) is 0 Å². The molecule has 0 spiro atoms. The molecule has 0 N–H and O–H groups in total. The largest absolute Gasteiger partial charge is 0.298 e. The molecule has 0 aliphatic rings. The van der Waals surface area contributed by atoms with Crippen molar-refractivity contribution in [3.63, 3.8) is 0 Å². The summed E-state index contributed by atoms with van der Waals surface area (Å²) in [6, 6.07) is 18.9. The Morgan fingerprint density at radius 3 is 2.00 bits per heavy atom. The van der Waals surface area contributed by atoms with Crippen LogP contribution in [0.2, 0.25) is 0 Å². The Hall–Kier alpha value is -2.15. The molecule has 0 saturated carbocycles. The van der Waals surface area contributed by atoms with Crippen molar-refractivity contribution in [1.29, 1.82) is 0 Å². The first-order valence-electron chi connectivity index (χ1n) is 6.83. The van der Waals surface area contributed by atoms with Crippen LogP contribution in [0.25, 0.3) is 6.08 Å². The van der Waals surface area contributed by atoms with Gasteiger partial charge in [0.05, 0.1) is 0 Å². The zero-order valence-electron chi connectivity index (χ0n) is 12.3. The molecule has 0 bridgehead atoms. The summed E-state index contributed by atoms with van der Waals surface area (Å²) in [6.45, 7) is 6.27. The highest BCUT2D eigenvalue weighted by Gasteiger charge is 2.22. The Balaban J connectivity index is 2.32. The van der Waals surface area contributed by atoms with Gasteiger partial charge in [-0.1, -0.05) is 68.4 Å². The standard InChI is InChI=1S/C19H20O/c1-15(14-20)13-16-9-11-18(12-10-16)19(2,3)17-7-5-4-6-8-17/h4-14H,1-3H3/b15-13+. The van der Waals surface area contributed by atoms with Crippen LogP contribution in [0.5, 0.6) is 0 Å². The molecule has 0 amide bonds. The van der Waals surface area contributed by atoms with Crippen molar-refractivity contribution < 1.29 is 4.79 Å². The van der Waals surface area contributed by atoms with E-state index < -0.39 is 0 Å². The molecule has 2 aromatic rings. The second-order valence-electron chi connectivity index (χ2n) is 5.62. The van der Waals surface area contributed by atoms with E-state index in [1.807, 2.05) is 19.1 Å². The van der Waals surface area contributed by atoms with Crippen molar-refractivity contribution in [2.24, 2.45) is 0 Å². The van der Waals surface area contributed by atoms with Crippen molar-refractivity contribution in [3.05, 3.63) is 76.9 Å². The van der Waals surface area contributed by atoms with Crippen LogP contribution in [0.4, 0.5) is 0 Å². The van der Waals surface area contributed by atoms with Gasteiger partial charge in [0.25, 0.3) is 0 Å². The molecule has 2 aromatic carbocycles. The van der Waals surface area contributed by atoms with E-state index in [9.17, 15) is 4.79 Å². The summed E-state index contributed by atoms with van der Waals surface area (Å²) < 4.78 is 0. The lowest BCUT2D eigenvalue weighted by atomic mass is 9.78. The van der Waals surface area contributed by atoms with Crippen LogP contribution in [0.1, 0.15) is 37.5 Å². The summed E-state index contributed by atoms with van der Waals surface area (Å²) in [5.41, 5.74) is 4.34. The molecular weight excluding hydrogens is 244 g/mol. The maximum absolute atomic E-state index is 10.7. The van der Waals surface area contributed by atoms with E-state index in [1.54, 1.807) is 0 Å². The molecule has 2 rings (SSSR count). The average Bonchev–Trinajstić information content (AvgIpc) is 2.48. The van der Waals surface area contributed by atoms with Gasteiger partial charge in [-0.05, 0) is 35.3 Å². The molecule has 0 aromatic heterocycles. The highest BCUT2D eigenvalue weighted by molar-refractivity contribution is 5.80. The first-order chi connectivity index (χ1) is 9.54. The van der Waals surface area contributed by atoms with Crippen molar-refractivity contribution in [2.75, 3.05) is 0 Å². The fraction of sp³-hybridized carbons (Fsp3) is 0.211. The minimum Gasteiger partial charge on any atom is -0.298 e. The van der Waals surface area contributed by atoms with Crippen LogP contribution >= 0.6 is 0 Å². The highest BCUT2D eigenvalue weighted by atomic mass is 16.1. The molecular formula is C19H20O. The van der Waals surface area contributed by atoms with Crippen molar-refractivity contribution in [1.82, 2.24) is 0 Å². The Bertz CT molecular complexity index is 604. The topological polar surface area (TPSA) is 17.1 Å². The average molecular weight is 264 g/mol. The lowest BCUT2D eigenvalue weighted by Crippen LogP contribution is -2.18. The van der Waals surface area contributed by atoms with E-state index in [0.29, 0.717) is 0 Å². The Morgan fingerprint density at radius 1 is 0.900 bits per heavy atom. The van der Waals surface area contributed by atoms with E-state index in [4.69, 9.17) is 0 Å². The number of aldehydes is 1. The zero-order chi connectivity index (χ0) is 14.6. The summed E-state index contributed by atoms with van der Waals surface area (Å²) in [5, 5.41) is 0. The zero-order valence-corrected chi connectivity index (χ0v) is 12.3. The van der Waals surface area contributed by atoms with E-state index >= 15 is 0 Å². The minimum absolute atomic E-state index is 0.0246. The van der Waals surface area contributed by atoms with Crippen LogP contribution in [0, 0.1) is 0 Å². The summed E-state index contributed by atoms with van der Waals surface area (Å²) in [5.74, 6) is 0. The number of hydrogen-bond acceptors (Lipinski definition) is 1. The van der Waals surface area contributed by atoms with Crippen molar-refractivity contribution in [3.8, 4) is 0 Å². The predicted molar refractivity (Wildman–Crippen MR) is 84.7 cm³/mol.